The molecule has 0 radical (unpaired) electrons. The number of hydrazone groups is 1. The monoisotopic (exact) mass is 326 g/mol. The molecule has 1 aliphatic heterocycles. The first-order chi connectivity index (χ1) is 10.9. The summed E-state index contributed by atoms with van der Waals surface area (Å²) in [4.78, 5) is 12.4. The number of nitrogens with zero attached hydrogens (tertiary/aromatic N) is 2. The topological polar surface area (TPSA) is 62.1 Å². The van der Waals surface area contributed by atoms with E-state index in [4.69, 9.17) is 4.74 Å². The summed E-state index contributed by atoms with van der Waals surface area (Å²) in [7, 11) is 0. The van der Waals surface area contributed by atoms with Gasteiger partial charge in [0.05, 0.1) is 6.61 Å². The van der Waals surface area contributed by atoms with E-state index in [1.165, 1.54) is 19.1 Å². The van der Waals surface area contributed by atoms with Gasteiger partial charge in [0, 0.05) is 17.7 Å². The highest BCUT2D eigenvalue weighted by Gasteiger charge is 2.51. The maximum absolute atomic E-state index is 13.1. The minimum Gasteiger partial charge on any atom is -0.494 e. The highest BCUT2D eigenvalue weighted by molar-refractivity contribution is 5.97. The lowest BCUT2D eigenvalue weighted by molar-refractivity contribution is -0.164. The lowest BCUT2D eigenvalue weighted by atomic mass is 10.1. The van der Waals surface area contributed by atoms with Gasteiger partial charge in [-0.3, -0.25) is 4.79 Å². The summed E-state index contributed by atoms with van der Waals surface area (Å²) in [6.45, 7) is 4.11. The van der Waals surface area contributed by atoms with Crippen molar-refractivity contribution in [3.8, 4) is 5.75 Å². The van der Waals surface area contributed by atoms with Crippen LogP contribution in [0.5, 0.6) is 5.75 Å². The molecule has 7 heteroatoms. The van der Waals surface area contributed by atoms with Crippen molar-refractivity contribution in [1.82, 2.24) is 5.01 Å². The van der Waals surface area contributed by atoms with Gasteiger partial charge in [0.2, 0.25) is 5.72 Å². The molecular weight excluding hydrogens is 306 g/mol. The third-order valence-corrected chi connectivity index (χ3v) is 3.56. The molecule has 0 bridgehead atoms. The maximum Gasteiger partial charge on any atom is 0.287 e. The molecule has 1 unspecified atom stereocenters. The van der Waals surface area contributed by atoms with Gasteiger partial charge in [-0.25, -0.2) is 8.78 Å². The lowest BCUT2D eigenvalue weighted by Gasteiger charge is -2.30. The van der Waals surface area contributed by atoms with E-state index in [1.807, 2.05) is 6.92 Å². The van der Waals surface area contributed by atoms with Crippen molar-refractivity contribution in [3.05, 3.63) is 29.8 Å². The van der Waals surface area contributed by atoms with Gasteiger partial charge in [-0.2, -0.15) is 10.1 Å². The number of hydrogen-bond donors (Lipinski definition) is 1. The Morgan fingerprint density at radius 2 is 2.09 bits per heavy atom. The van der Waals surface area contributed by atoms with Crippen molar-refractivity contribution >= 4 is 11.6 Å². The van der Waals surface area contributed by atoms with Gasteiger partial charge < -0.3 is 9.84 Å². The van der Waals surface area contributed by atoms with Crippen molar-refractivity contribution in [1.29, 1.82) is 0 Å². The summed E-state index contributed by atoms with van der Waals surface area (Å²) in [5.74, 6) is -0.176. The molecule has 0 fully saturated rings. The quantitative estimate of drug-likeness (QED) is 0.817. The molecule has 1 aromatic rings. The number of benzene rings is 1. The Morgan fingerprint density at radius 3 is 2.65 bits per heavy atom. The number of ether oxygens (including phenoxy) is 1. The zero-order valence-electron chi connectivity index (χ0n) is 13.1. The smallest absolute Gasteiger partial charge is 0.287 e. The van der Waals surface area contributed by atoms with Crippen molar-refractivity contribution in [3.63, 3.8) is 0 Å². The van der Waals surface area contributed by atoms with E-state index in [2.05, 4.69) is 5.10 Å². The van der Waals surface area contributed by atoms with Gasteiger partial charge in [0.25, 0.3) is 12.3 Å². The molecule has 5 nitrogen and oxygen atoms in total. The SMILES string of the molecule is CCCCOc1ccc(C(=O)N2N=C(C)CC2(O)C(F)F)cc1. The molecular formula is C16H20F2N2O3. The van der Waals surface area contributed by atoms with Crippen LogP contribution in [0.2, 0.25) is 0 Å². The third-order valence-electron chi connectivity index (χ3n) is 3.56. The van der Waals surface area contributed by atoms with Crippen LogP contribution in [0, 0.1) is 0 Å². The highest BCUT2D eigenvalue weighted by Crippen LogP contribution is 2.32. The minimum atomic E-state index is -3.11. The zero-order valence-corrected chi connectivity index (χ0v) is 13.1. The second kappa shape index (κ2) is 7.04. The van der Waals surface area contributed by atoms with Gasteiger partial charge in [-0.15, -0.1) is 0 Å². The van der Waals surface area contributed by atoms with Crippen LogP contribution < -0.4 is 4.74 Å². The number of rotatable bonds is 6. The summed E-state index contributed by atoms with van der Waals surface area (Å²) < 4.78 is 31.7. The van der Waals surface area contributed by atoms with Crippen LogP contribution in [0.4, 0.5) is 8.78 Å². The highest BCUT2D eigenvalue weighted by atomic mass is 19.3. The van der Waals surface area contributed by atoms with E-state index in [0.717, 1.165) is 12.8 Å². The van der Waals surface area contributed by atoms with Crippen LogP contribution in [0.25, 0.3) is 0 Å². The Hall–Kier alpha value is -2.02. The molecule has 1 heterocycles. The number of carbonyl (C=O) groups is 1. The number of hydrogen-bond acceptors (Lipinski definition) is 4. The first-order valence-corrected chi connectivity index (χ1v) is 7.50. The lowest BCUT2D eigenvalue weighted by Crippen LogP contribution is -2.51. The number of unbranched alkanes of at least 4 members (excludes halogenated alkanes) is 1. The van der Waals surface area contributed by atoms with Gasteiger partial charge >= 0.3 is 0 Å². The van der Waals surface area contributed by atoms with E-state index >= 15 is 0 Å². The maximum atomic E-state index is 13.1. The van der Waals surface area contributed by atoms with E-state index < -0.39 is 18.1 Å². The molecule has 1 aromatic carbocycles. The summed E-state index contributed by atoms with van der Waals surface area (Å²) >= 11 is 0. The fourth-order valence-corrected chi connectivity index (χ4v) is 2.29. The fraction of sp³-hybridized carbons (Fsp3) is 0.500. The van der Waals surface area contributed by atoms with Crippen molar-refractivity contribution in [2.75, 3.05) is 6.61 Å². The summed E-state index contributed by atoms with van der Waals surface area (Å²) in [6, 6.07) is 6.13. The van der Waals surface area contributed by atoms with Crippen LogP contribution in [0.1, 0.15) is 43.5 Å². The van der Waals surface area contributed by atoms with Crippen molar-refractivity contribution in [2.45, 2.75) is 45.3 Å². The zero-order chi connectivity index (χ0) is 17.0. The number of aliphatic hydroxyl groups is 1. The molecule has 1 N–H and O–H groups in total. The number of carbonyl (C=O) groups excluding carboxylic acids is 1. The van der Waals surface area contributed by atoms with E-state index in [-0.39, 0.29) is 17.7 Å². The Bertz CT molecular complexity index is 589. The molecule has 2 rings (SSSR count). The molecule has 1 atom stereocenters. The molecule has 0 saturated heterocycles. The first-order valence-electron chi connectivity index (χ1n) is 7.50. The van der Waals surface area contributed by atoms with Gasteiger partial charge in [0.1, 0.15) is 5.75 Å². The predicted octanol–water partition coefficient (Wildman–Crippen LogP) is 3.04. The van der Waals surface area contributed by atoms with Crippen LogP contribution in [0.3, 0.4) is 0 Å². The van der Waals surface area contributed by atoms with Crippen LogP contribution in [-0.2, 0) is 0 Å². The Morgan fingerprint density at radius 1 is 1.43 bits per heavy atom. The fourth-order valence-electron chi connectivity index (χ4n) is 2.29. The average molecular weight is 326 g/mol. The first kappa shape index (κ1) is 17.3. The summed E-state index contributed by atoms with van der Waals surface area (Å²) in [5, 5.41) is 14.3. The Kier molecular flexibility index (Phi) is 5.30. The Balaban J connectivity index is 2.13. The number of amides is 1. The van der Waals surface area contributed by atoms with Gasteiger partial charge in [-0.05, 0) is 37.6 Å². The minimum absolute atomic E-state index is 0.158. The third kappa shape index (κ3) is 3.67. The number of alkyl halides is 2. The van der Waals surface area contributed by atoms with Crippen LogP contribution in [0.15, 0.2) is 29.4 Å². The second-order valence-corrected chi connectivity index (χ2v) is 5.53. The van der Waals surface area contributed by atoms with Crippen LogP contribution in [-0.4, -0.2) is 40.5 Å². The molecule has 1 aliphatic rings. The summed E-state index contributed by atoms with van der Waals surface area (Å²) in [6.07, 6.45) is -1.54. The molecule has 23 heavy (non-hydrogen) atoms. The average Bonchev–Trinajstić information content (AvgIpc) is 2.84. The van der Waals surface area contributed by atoms with E-state index in [0.29, 0.717) is 17.4 Å². The predicted molar refractivity (Wildman–Crippen MR) is 81.7 cm³/mol. The molecule has 1 amide bonds. The molecule has 0 aromatic heterocycles. The van der Waals surface area contributed by atoms with Crippen molar-refractivity contribution < 1.29 is 23.4 Å². The molecule has 0 spiro atoms. The van der Waals surface area contributed by atoms with Crippen molar-refractivity contribution in [2.24, 2.45) is 5.10 Å². The number of halogens is 2. The molecule has 0 saturated carbocycles. The summed E-state index contributed by atoms with van der Waals surface area (Å²) in [5.41, 5.74) is -2.15. The van der Waals surface area contributed by atoms with E-state index in [1.54, 1.807) is 12.1 Å². The largest absolute Gasteiger partial charge is 0.494 e. The van der Waals surface area contributed by atoms with Gasteiger partial charge in [0.15, 0.2) is 0 Å². The molecule has 0 aliphatic carbocycles. The Labute approximate surface area is 133 Å². The normalized spacial score (nSPS) is 20.8. The van der Waals surface area contributed by atoms with Crippen LogP contribution >= 0.6 is 0 Å². The standard InChI is InChI=1S/C16H20F2N2O3/c1-3-4-9-23-13-7-5-12(6-8-13)14(21)20-16(22,15(17)18)10-11(2)19-20/h5-8,15,22H,3-4,9-10H2,1-2H3. The van der Waals surface area contributed by atoms with E-state index in [9.17, 15) is 18.7 Å². The van der Waals surface area contributed by atoms with Gasteiger partial charge in [-0.1, -0.05) is 13.3 Å². The molecule has 126 valence electrons. The second-order valence-electron chi connectivity index (χ2n) is 5.53.